The number of ether oxygens (including phenoxy) is 1. The predicted octanol–water partition coefficient (Wildman–Crippen LogP) is 1.33. The third-order valence-corrected chi connectivity index (χ3v) is 3.13. The highest BCUT2D eigenvalue weighted by molar-refractivity contribution is 5.96. The standard InChI is InChI=1S/C13H21F3N2O3/c1-8(2)6-10-11(19)17-9(3)12(20)18(10)4-5-21-7-13(14,15)16/h8-10H,4-7H2,1-3H3,(H,17,19). The molecule has 1 aliphatic heterocycles. The van der Waals surface area contributed by atoms with Gasteiger partial charge in [-0.15, -0.1) is 0 Å². The van der Waals surface area contributed by atoms with E-state index in [-0.39, 0.29) is 30.9 Å². The van der Waals surface area contributed by atoms with Crippen LogP contribution in [0.2, 0.25) is 0 Å². The summed E-state index contributed by atoms with van der Waals surface area (Å²) >= 11 is 0. The highest BCUT2D eigenvalue weighted by atomic mass is 19.4. The normalized spacial score (nSPS) is 23.7. The molecule has 8 heteroatoms. The molecule has 0 aromatic rings. The van der Waals surface area contributed by atoms with Crippen molar-refractivity contribution in [2.24, 2.45) is 5.92 Å². The number of alkyl halides is 3. The molecule has 1 heterocycles. The summed E-state index contributed by atoms with van der Waals surface area (Å²) in [5.41, 5.74) is 0. The van der Waals surface area contributed by atoms with Crippen LogP contribution in [0.5, 0.6) is 0 Å². The summed E-state index contributed by atoms with van der Waals surface area (Å²) in [7, 11) is 0. The average molecular weight is 310 g/mol. The SMILES string of the molecule is CC(C)CC1C(=O)NC(C)C(=O)N1CCOCC(F)(F)F. The second-order valence-corrected chi connectivity index (χ2v) is 5.58. The number of piperazine rings is 1. The molecule has 0 aromatic heterocycles. The minimum Gasteiger partial charge on any atom is -0.370 e. The lowest BCUT2D eigenvalue weighted by Crippen LogP contribution is -2.63. The summed E-state index contributed by atoms with van der Waals surface area (Å²) in [5.74, 6) is -0.386. The number of halogens is 3. The molecule has 0 radical (unpaired) electrons. The topological polar surface area (TPSA) is 58.6 Å². The second-order valence-electron chi connectivity index (χ2n) is 5.58. The zero-order chi connectivity index (χ0) is 16.2. The minimum absolute atomic E-state index is 0.0237. The van der Waals surface area contributed by atoms with E-state index in [2.05, 4.69) is 10.1 Å². The molecular weight excluding hydrogens is 289 g/mol. The number of nitrogens with one attached hydrogen (secondary N) is 1. The van der Waals surface area contributed by atoms with Gasteiger partial charge in [-0.3, -0.25) is 9.59 Å². The van der Waals surface area contributed by atoms with Crippen LogP contribution in [0.3, 0.4) is 0 Å². The Morgan fingerprint density at radius 1 is 1.33 bits per heavy atom. The number of amides is 2. The van der Waals surface area contributed by atoms with E-state index in [1.165, 1.54) is 4.90 Å². The van der Waals surface area contributed by atoms with Crippen LogP contribution in [-0.2, 0) is 14.3 Å². The van der Waals surface area contributed by atoms with Gasteiger partial charge in [-0.05, 0) is 19.3 Å². The van der Waals surface area contributed by atoms with Crippen LogP contribution in [-0.4, -0.2) is 54.7 Å². The summed E-state index contributed by atoms with van der Waals surface area (Å²) in [5, 5.41) is 2.58. The lowest BCUT2D eigenvalue weighted by Gasteiger charge is -2.38. The van der Waals surface area contributed by atoms with Crippen LogP contribution >= 0.6 is 0 Å². The van der Waals surface area contributed by atoms with Gasteiger partial charge in [-0.1, -0.05) is 13.8 Å². The van der Waals surface area contributed by atoms with E-state index in [4.69, 9.17) is 0 Å². The molecule has 0 aromatic carbocycles. The summed E-state index contributed by atoms with van der Waals surface area (Å²) in [6.45, 7) is 3.74. The average Bonchev–Trinajstić information content (AvgIpc) is 2.32. The first kappa shape index (κ1) is 17.7. The lowest BCUT2D eigenvalue weighted by atomic mass is 9.98. The largest absolute Gasteiger partial charge is 0.411 e. The molecule has 0 bridgehead atoms. The molecule has 2 amide bonds. The van der Waals surface area contributed by atoms with Crippen LogP contribution < -0.4 is 5.32 Å². The van der Waals surface area contributed by atoms with Crippen molar-refractivity contribution in [1.82, 2.24) is 10.2 Å². The third kappa shape index (κ3) is 5.53. The number of carbonyl (C=O) groups is 2. The second kappa shape index (κ2) is 7.11. The number of hydrogen-bond donors (Lipinski definition) is 1. The quantitative estimate of drug-likeness (QED) is 0.753. The first-order valence-corrected chi connectivity index (χ1v) is 6.87. The molecule has 5 nitrogen and oxygen atoms in total. The van der Waals surface area contributed by atoms with Gasteiger partial charge in [0.05, 0.1) is 6.61 Å². The van der Waals surface area contributed by atoms with Gasteiger partial charge in [0.25, 0.3) is 0 Å². The van der Waals surface area contributed by atoms with Crippen molar-refractivity contribution in [3.05, 3.63) is 0 Å². The first-order valence-electron chi connectivity index (χ1n) is 6.87. The molecule has 1 aliphatic rings. The lowest BCUT2D eigenvalue weighted by molar-refractivity contribution is -0.176. The predicted molar refractivity (Wildman–Crippen MR) is 69.4 cm³/mol. The number of nitrogens with zero attached hydrogens (tertiary/aromatic N) is 1. The van der Waals surface area contributed by atoms with Gasteiger partial charge in [0.1, 0.15) is 18.7 Å². The summed E-state index contributed by atoms with van der Waals surface area (Å²) in [4.78, 5) is 25.4. The maximum atomic E-state index is 12.1. The van der Waals surface area contributed by atoms with E-state index in [0.717, 1.165) is 0 Å². The van der Waals surface area contributed by atoms with Gasteiger partial charge in [0, 0.05) is 6.54 Å². The number of hydrogen-bond acceptors (Lipinski definition) is 3. The van der Waals surface area contributed by atoms with Gasteiger partial charge in [0.15, 0.2) is 0 Å². The van der Waals surface area contributed by atoms with Gasteiger partial charge >= 0.3 is 6.18 Å². The zero-order valence-electron chi connectivity index (χ0n) is 12.4. The fourth-order valence-corrected chi connectivity index (χ4v) is 2.21. The van der Waals surface area contributed by atoms with Crippen molar-refractivity contribution >= 4 is 11.8 Å². The van der Waals surface area contributed by atoms with Crippen molar-refractivity contribution < 1.29 is 27.5 Å². The molecule has 122 valence electrons. The number of rotatable bonds is 6. The van der Waals surface area contributed by atoms with Crippen molar-refractivity contribution in [3.63, 3.8) is 0 Å². The molecule has 21 heavy (non-hydrogen) atoms. The van der Waals surface area contributed by atoms with Gasteiger partial charge in [-0.25, -0.2) is 0 Å². The molecule has 0 spiro atoms. The summed E-state index contributed by atoms with van der Waals surface area (Å²) in [6, 6.07) is -1.31. The van der Waals surface area contributed by atoms with E-state index in [1.807, 2.05) is 13.8 Å². The molecule has 0 saturated carbocycles. The van der Waals surface area contributed by atoms with Gasteiger partial charge in [0.2, 0.25) is 11.8 Å². The Labute approximate surface area is 121 Å². The van der Waals surface area contributed by atoms with Crippen LogP contribution in [0.1, 0.15) is 27.2 Å². The Bertz CT molecular complexity index is 385. The maximum absolute atomic E-state index is 12.1. The third-order valence-electron chi connectivity index (χ3n) is 3.13. The fraction of sp³-hybridized carbons (Fsp3) is 0.846. The van der Waals surface area contributed by atoms with Crippen LogP contribution in [0.4, 0.5) is 13.2 Å². The van der Waals surface area contributed by atoms with E-state index in [0.29, 0.717) is 6.42 Å². The van der Waals surface area contributed by atoms with Gasteiger partial charge < -0.3 is 15.0 Å². The smallest absolute Gasteiger partial charge is 0.370 e. The van der Waals surface area contributed by atoms with Gasteiger partial charge in [-0.2, -0.15) is 13.2 Å². The molecular formula is C13H21F3N2O3. The number of carbonyl (C=O) groups excluding carboxylic acids is 2. The van der Waals surface area contributed by atoms with Crippen molar-refractivity contribution in [1.29, 1.82) is 0 Å². The van der Waals surface area contributed by atoms with Crippen LogP contribution in [0.15, 0.2) is 0 Å². The zero-order valence-corrected chi connectivity index (χ0v) is 12.4. The summed E-state index contributed by atoms with van der Waals surface area (Å²) in [6.07, 6.45) is -3.93. The molecule has 1 rings (SSSR count). The first-order chi connectivity index (χ1) is 9.61. The summed E-state index contributed by atoms with van der Waals surface area (Å²) < 4.78 is 40.5. The molecule has 1 saturated heterocycles. The minimum atomic E-state index is -4.39. The molecule has 2 unspecified atom stereocenters. The van der Waals surface area contributed by atoms with Crippen molar-refractivity contribution in [2.75, 3.05) is 19.8 Å². The Hall–Kier alpha value is -1.31. The van der Waals surface area contributed by atoms with Crippen molar-refractivity contribution in [3.8, 4) is 0 Å². The van der Waals surface area contributed by atoms with E-state index < -0.39 is 24.9 Å². The molecule has 1 fully saturated rings. The molecule has 1 N–H and O–H groups in total. The van der Waals surface area contributed by atoms with Crippen molar-refractivity contribution in [2.45, 2.75) is 45.5 Å². The Kier molecular flexibility index (Phi) is 6.00. The molecule has 2 atom stereocenters. The fourth-order valence-electron chi connectivity index (χ4n) is 2.21. The van der Waals surface area contributed by atoms with E-state index >= 15 is 0 Å². The highest BCUT2D eigenvalue weighted by Crippen LogP contribution is 2.18. The van der Waals surface area contributed by atoms with Crippen LogP contribution in [0, 0.1) is 5.92 Å². The van der Waals surface area contributed by atoms with Crippen LogP contribution in [0.25, 0.3) is 0 Å². The Morgan fingerprint density at radius 3 is 2.48 bits per heavy atom. The maximum Gasteiger partial charge on any atom is 0.411 e. The Balaban J connectivity index is 2.63. The Morgan fingerprint density at radius 2 is 1.95 bits per heavy atom. The van der Waals surface area contributed by atoms with E-state index in [1.54, 1.807) is 6.92 Å². The highest BCUT2D eigenvalue weighted by Gasteiger charge is 2.38. The molecule has 0 aliphatic carbocycles. The van der Waals surface area contributed by atoms with E-state index in [9.17, 15) is 22.8 Å². The monoisotopic (exact) mass is 310 g/mol.